The second-order valence-electron chi connectivity index (χ2n) is 5.95. The van der Waals surface area contributed by atoms with Gasteiger partial charge in [0.25, 0.3) is 0 Å². The SMILES string of the molecule is CCN1[C@H](C)CO[C@@H]2CCc3cc(C(F)(F)F)ccc3[C@@H]21. The molecule has 5 heteroatoms. The Morgan fingerprint density at radius 2 is 2.10 bits per heavy atom. The van der Waals surface area contributed by atoms with E-state index < -0.39 is 11.7 Å². The Morgan fingerprint density at radius 3 is 2.76 bits per heavy atom. The number of hydrogen-bond donors (Lipinski definition) is 0. The maximum absolute atomic E-state index is 12.9. The van der Waals surface area contributed by atoms with Crippen LogP contribution in [0.4, 0.5) is 13.2 Å². The van der Waals surface area contributed by atoms with Crippen molar-refractivity contribution in [2.45, 2.75) is 51.1 Å². The van der Waals surface area contributed by atoms with Crippen LogP contribution in [0.1, 0.15) is 43.0 Å². The van der Waals surface area contributed by atoms with Gasteiger partial charge in [0.15, 0.2) is 0 Å². The maximum atomic E-state index is 12.9. The van der Waals surface area contributed by atoms with Crippen molar-refractivity contribution in [1.29, 1.82) is 0 Å². The number of ether oxygens (including phenoxy) is 1. The fourth-order valence-corrected chi connectivity index (χ4v) is 3.65. The third-order valence-corrected chi connectivity index (χ3v) is 4.68. The molecule has 1 saturated heterocycles. The highest BCUT2D eigenvalue weighted by atomic mass is 19.4. The lowest BCUT2D eigenvalue weighted by molar-refractivity contribution is -0.137. The standard InChI is InChI=1S/C16H20F3NO/c1-3-20-10(2)9-21-14-7-4-11-8-12(16(17,18)19)5-6-13(11)15(14)20/h5-6,8,10,14-15H,3-4,7,9H2,1-2H3/t10-,14-,15+/m1/s1. The highest BCUT2D eigenvalue weighted by Crippen LogP contribution is 2.41. The number of likely N-dealkylation sites (N-methyl/N-ethyl adjacent to an activating group) is 1. The van der Waals surface area contributed by atoms with E-state index in [1.807, 2.05) is 0 Å². The van der Waals surface area contributed by atoms with E-state index in [4.69, 9.17) is 4.74 Å². The first kappa shape index (κ1) is 14.9. The molecule has 0 bridgehead atoms. The van der Waals surface area contributed by atoms with Crippen LogP contribution < -0.4 is 0 Å². The predicted octanol–water partition coefficient (Wildman–Crippen LogP) is 3.80. The second kappa shape index (κ2) is 5.29. The van der Waals surface area contributed by atoms with Gasteiger partial charge < -0.3 is 4.74 Å². The van der Waals surface area contributed by atoms with E-state index >= 15 is 0 Å². The molecule has 116 valence electrons. The summed E-state index contributed by atoms with van der Waals surface area (Å²) in [5, 5.41) is 0. The van der Waals surface area contributed by atoms with Gasteiger partial charge in [-0.2, -0.15) is 13.2 Å². The van der Waals surface area contributed by atoms with E-state index in [1.165, 1.54) is 12.1 Å². The number of aryl methyl sites for hydroxylation is 1. The van der Waals surface area contributed by atoms with Crippen LogP contribution in [0.25, 0.3) is 0 Å². The molecule has 0 saturated carbocycles. The van der Waals surface area contributed by atoms with Crippen LogP contribution in [-0.2, 0) is 17.3 Å². The quantitative estimate of drug-likeness (QED) is 0.782. The van der Waals surface area contributed by atoms with Crippen LogP contribution in [0.15, 0.2) is 18.2 Å². The molecule has 1 aliphatic carbocycles. The predicted molar refractivity (Wildman–Crippen MR) is 74.1 cm³/mol. The topological polar surface area (TPSA) is 12.5 Å². The Bertz CT molecular complexity index is 529. The number of rotatable bonds is 1. The van der Waals surface area contributed by atoms with Crippen LogP contribution in [0.3, 0.4) is 0 Å². The molecule has 1 aliphatic heterocycles. The van der Waals surface area contributed by atoms with Gasteiger partial charge in [0.2, 0.25) is 0 Å². The van der Waals surface area contributed by atoms with Crippen LogP contribution in [0, 0.1) is 0 Å². The van der Waals surface area contributed by atoms with Gasteiger partial charge in [0.05, 0.1) is 24.3 Å². The first-order chi connectivity index (χ1) is 9.91. The van der Waals surface area contributed by atoms with E-state index in [-0.39, 0.29) is 12.1 Å². The van der Waals surface area contributed by atoms with Gasteiger partial charge in [0.1, 0.15) is 0 Å². The first-order valence-electron chi connectivity index (χ1n) is 7.49. The molecule has 1 aromatic rings. The van der Waals surface area contributed by atoms with Gasteiger partial charge in [-0.25, -0.2) is 0 Å². The van der Waals surface area contributed by atoms with Crippen molar-refractivity contribution in [1.82, 2.24) is 4.90 Å². The normalized spacial score (nSPS) is 29.9. The zero-order valence-corrected chi connectivity index (χ0v) is 12.3. The molecule has 0 N–H and O–H groups in total. The summed E-state index contributed by atoms with van der Waals surface area (Å²) < 4.78 is 44.5. The van der Waals surface area contributed by atoms with Gasteiger partial charge in [-0.05, 0) is 49.6 Å². The zero-order chi connectivity index (χ0) is 15.2. The number of alkyl halides is 3. The van der Waals surface area contributed by atoms with Crippen molar-refractivity contribution in [3.8, 4) is 0 Å². The minimum Gasteiger partial charge on any atom is -0.375 e. The molecule has 0 spiro atoms. The lowest BCUT2D eigenvalue weighted by atomic mass is 9.82. The fourth-order valence-electron chi connectivity index (χ4n) is 3.65. The third-order valence-electron chi connectivity index (χ3n) is 4.68. The molecule has 0 amide bonds. The molecule has 0 aromatic heterocycles. The van der Waals surface area contributed by atoms with Crippen LogP contribution in [-0.4, -0.2) is 30.2 Å². The van der Waals surface area contributed by atoms with Crippen LogP contribution in [0.5, 0.6) is 0 Å². The van der Waals surface area contributed by atoms with Crippen molar-refractivity contribution in [2.75, 3.05) is 13.2 Å². The van der Waals surface area contributed by atoms with Crippen molar-refractivity contribution < 1.29 is 17.9 Å². The van der Waals surface area contributed by atoms with Crippen molar-refractivity contribution in [2.24, 2.45) is 0 Å². The summed E-state index contributed by atoms with van der Waals surface area (Å²) in [5.41, 5.74) is 1.28. The van der Waals surface area contributed by atoms with Crippen molar-refractivity contribution in [3.05, 3.63) is 34.9 Å². The molecule has 3 rings (SSSR count). The third kappa shape index (κ3) is 2.57. The Kier molecular flexibility index (Phi) is 3.74. The average Bonchev–Trinajstić information content (AvgIpc) is 2.45. The summed E-state index contributed by atoms with van der Waals surface area (Å²) in [6.45, 7) is 5.78. The summed E-state index contributed by atoms with van der Waals surface area (Å²) in [6, 6.07) is 4.56. The Morgan fingerprint density at radius 1 is 1.33 bits per heavy atom. The lowest BCUT2D eigenvalue weighted by Gasteiger charge is -2.47. The maximum Gasteiger partial charge on any atom is 0.416 e. The highest BCUT2D eigenvalue weighted by Gasteiger charge is 2.41. The minimum absolute atomic E-state index is 0.0878. The van der Waals surface area contributed by atoms with Gasteiger partial charge in [0, 0.05) is 6.04 Å². The van der Waals surface area contributed by atoms with E-state index in [1.54, 1.807) is 6.07 Å². The Hall–Kier alpha value is -1.07. The largest absolute Gasteiger partial charge is 0.416 e. The molecule has 1 aromatic carbocycles. The molecule has 21 heavy (non-hydrogen) atoms. The average molecular weight is 299 g/mol. The Labute approximate surface area is 122 Å². The lowest BCUT2D eigenvalue weighted by Crippen LogP contribution is -2.51. The van der Waals surface area contributed by atoms with E-state index in [0.717, 1.165) is 24.1 Å². The number of benzene rings is 1. The zero-order valence-electron chi connectivity index (χ0n) is 12.3. The number of halogens is 3. The minimum atomic E-state index is -4.27. The highest BCUT2D eigenvalue weighted by molar-refractivity contribution is 5.38. The summed E-state index contributed by atoms with van der Waals surface area (Å²) in [5.74, 6) is 0. The second-order valence-corrected chi connectivity index (χ2v) is 5.95. The molecule has 2 nitrogen and oxygen atoms in total. The molecule has 1 fully saturated rings. The summed E-state index contributed by atoms with van der Waals surface area (Å²) >= 11 is 0. The molecule has 0 radical (unpaired) electrons. The molecular weight excluding hydrogens is 279 g/mol. The van der Waals surface area contributed by atoms with Crippen molar-refractivity contribution >= 4 is 0 Å². The molecule has 3 atom stereocenters. The summed E-state index contributed by atoms with van der Waals surface area (Å²) in [7, 11) is 0. The first-order valence-corrected chi connectivity index (χ1v) is 7.49. The number of morpholine rings is 1. The molecule has 2 aliphatic rings. The van der Waals surface area contributed by atoms with Crippen LogP contribution in [0.2, 0.25) is 0 Å². The monoisotopic (exact) mass is 299 g/mol. The summed E-state index contributed by atoms with van der Waals surface area (Å²) in [4.78, 5) is 2.35. The molecule has 1 heterocycles. The van der Waals surface area contributed by atoms with Gasteiger partial charge in [-0.3, -0.25) is 4.90 Å². The molecule has 0 unspecified atom stereocenters. The number of nitrogens with zero attached hydrogens (tertiary/aromatic N) is 1. The van der Waals surface area contributed by atoms with E-state index in [0.29, 0.717) is 19.1 Å². The number of hydrogen-bond acceptors (Lipinski definition) is 2. The summed E-state index contributed by atoms with van der Waals surface area (Å²) in [6.07, 6.45) is -2.72. The van der Waals surface area contributed by atoms with E-state index in [9.17, 15) is 13.2 Å². The van der Waals surface area contributed by atoms with E-state index in [2.05, 4.69) is 18.7 Å². The van der Waals surface area contributed by atoms with Crippen LogP contribution >= 0.6 is 0 Å². The van der Waals surface area contributed by atoms with Gasteiger partial charge in [-0.15, -0.1) is 0 Å². The smallest absolute Gasteiger partial charge is 0.375 e. The number of fused-ring (bicyclic) bond motifs is 3. The van der Waals surface area contributed by atoms with Gasteiger partial charge >= 0.3 is 6.18 Å². The van der Waals surface area contributed by atoms with Gasteiger partial charge in [-0.1, -0.05) is 13.0 Å². The van der Waals surface area contributed by atoms with Crippen molar-refractivity contribution in [3.63, 3.8) is 0 Å². The fraction of sp³-hybridized carbons (Fsp3) is 0.625. The Balaban J connectivity index is 2.00. The molecular formula is C16H20F3NO.